The lowest BCUT2D eigenvalue weighted by Gasteiger charge is -2.34. The number of carbonyl (C=O) groups excluding carboxylic acids is 1. The van der Waals surface area contributed by atoms with Crippen LogP contribution in [-0.2, 0) is 19.0 Å². The fourth-order valence-electron chi connectivity index (χ4n) is 2.07. The van der Waals surface area contributed by atoms with E-state index in [4.69, 9.17) is 14.2 Å². The summed E-state index contributed by atoms with van der Waals surface area (Å²) in [7, 11) is 0. The highest BCUT2D eigenvalue weighted by Crippen LogP contribution is 2.24. The van der Waals surface area contributed by atoms with Crippen molar-refractivity contribution in [3.63, 3.8) is 0 Å². The number of hydrogen-bond acceptors (Lipinski definition) is 4. The van der Waals surface area contributed by atoms with Crippen molar-refractivity contribution in [3.8, 4) is 0 Å². The molecule has 1 aliphatic carbocycles. The van der Waals surface area contributed by atoms with E-state index in [1.165, 1.54) is 0 Å². The van der Waals surface area contributed by atoms with E-state index in [1.807, 2.05) is 6.92 Å². The van der Waals surface area contributed by atoms with Gasteiger partial charge < -0.3 is 14.2 Å². The molecule has 2 rings (SSSR count). The van der Waals surface area contributed by atoms with Crippen LogP contribution in [0.15, 0.2) is 0 Å². The molecule has 2 fully saturated rings. The molecule has 1 saturated carbocycles. The quantitative estimate of drug-likeness (QED) is 0.687. The van der Waals surface area contributed by atoms with Crippen molar-refractivity contribution in [1.29, 1.82) is 0 Å². The molecule has 0 spiro atoms. The van der Waals surface area contributed by atoms with Crippen molar-refractivity contribution >= 4 is 5.78 Å². The van der Waals surface area contributed by atoms with Crippen LogP contribution in [0.3, 0.4) is 0 Å². The van der Waals surface area contributed by atoms with Crippen molar-refractivity contribution in [3.05, 3.63) is 0 Å². The summed E-state index contributed by atoms with van der Waals surface area (Å²) in [4.78, 5) is 11.3. The minimum absolute atomic E-state index is 0.0387. The fourth-order valence-corrected chi connectivity index (χ4v) is 2.07. The number of carbonyl (C=O) groups is 1. The van der Waals surface area contributed by atoms with Crippen LogP contribution in [0.25, 0.3) is 0 Å². The Balaban J connectivity index is 1.66. The molecule has 1 aliphatic heterocycles. The largest absolute Gasteiger partial charge is 0.376 e. The van der Waals surface area contributed by atoms with Gasteiger partial charge in [-0.05, 0) is 19.3 Å². The molecule has 4 nitrogen and oxygen atoms in total. The fraction of sp³-hybridized carbons (Fsp3) is 0.917. The Hall–Kier alpha value is -0.450. The van der Waals surface area contributed by atoms with Gasteiger partial charge in [0.1, 0.15) is 6.10 Å². The summed E-state index contributed by atoms with van der Waals surface area (Å²) in [6, 6.07) is 0. The van der Waals surface area contributed by atoms with Crippen LogP contribution in [0, 0.1) is 0 Å². The van der Waals surface area contributed by atoms with Gasteiger partial charge in [-0.3, -0.25) is 4.79 Å². The minimum Gasteiger partial charge on any atom is -0.376 e. The maximum Gasteiger partial charge on any atom is 0.166 e. The summed E-state index contributed by atoms with van der Waals surface area (Å²) in [5.74, 6) is 0.172. The number of ketones is 1. The monoisotopic (exact) mass is 228 g/mol. The molecular weight excluding hydrogens is 208 g/mol. The van der Waals surface area contributed by atoms with Gasteiger partial charge in [-0.2, -0.15) is 0 Å². The second kappa shape index (κ2) is 5.75. The van der Waals surface area contributed by atoms with Gasteiger partial charge in [0, 0.05) is 19.6 Å². The van der Waals surface area contributed by atoms with Crippen LogP contribution in [-0.4, -0.2) is 43.9 Å². The first-order valence-corrected chi connectivity index (χ1v) is 6.18. The first kappa shape index (κ1) is 12.0. The van der Waals surface area contributed by atoms with E-state index in [0.717, 1.165) is 25.9 Å². The zero-order valence-corrected chi connectivity index (χ0v) is 9.81. The Morgan fingerprint density at radius 1 is 1.44 bits per heavy atom. The highest BCUT2D eigenvalue weighted by Gasteiger charge is 2.41. The van der Waals surface area contributed by atoms with E-state index >= 15 is 0 Å². The van der Waals surface area contributed by atoms with Gasteiger partial charge in [0.15, 0.2) is 5.78 Å². The van der Waals surface area contributed by atoms with Crippen LogP contribution < -0.4 is 0 Å². The molecule has 3 atom stereocenters. The molecule has 1 heterocycles. The molecule has 3 unspecified atom stereocenters. The average Bonchev–Trinajstić information content (AvgIpc) is 2.77. The van der Waals surface area contributed by atoms with Crippen LogP contribution >= 0.6 is 0 Å². The van der Waals surface area contributed by atoms with Crippen LogP contribution in [0.2, 0.25) is 0 Å². The number of rotatable bonds is 6. The topological polar surface area (TPSA) is 44.8 Å². The maximum absolute atomic E-state index is 11.3. The first-order valence-electron chi connectivity index (χ1n) is 6.18. The Morgan fingerprint density at radius 3 is 2.94 bits per heavy atom. The molecule has 0 amide bonds. The van der Waals surface area contributed by atoms with Gasteiger partial charge in [0.2, 0.25) is 0 Å². The minimum atomic E-state index is -0.318. The van der Waals surface area contributed by atoms with Crippen molar-refractivity contribution in [2.24, 2.45) is 0 Å². The third kappa shape index (κ3) is 2.81. The zero-order chi connectivity index (χ0) is 11.4. The Labute approximate surface area is 96.2 Å². The Kier molecular flexibility index (Phi) is 4.32. The molecule has 2 aliphatic rings. The SMILES string of the molecule is CCCOC1C(=O)CC1OCC1CCCO1. The van der Waals surface area contributed by atoms with E-state index in [2.05, 4.69) is 0 Å². The average molecular weight is 228 g/mol. The predicted octanol–water partition coefficient (Wildman–Crippen LogP) is 1.32. The van der Waals surface area contributed by atoms with Crippen molar-refractivity contribution in [1.82, 2.24) is 0 Å². The van der Waals surface area contributed by atoms with E-state index < -0.39 is 0 Å². The van der Waals surface area contributed by atoms with E-state index in [-0.39, 0.29) is 24.1 Å². The van der Waals surface area contributed by atoms with Crippen molar-refractivity contribution < 1.29 is 19.0 Å². The van der Waals surface area contributed by atoms with Gasteiger partial charge >= 0.3 is 0 Å². The predicted molar refractivity (Wildman–Crippen MR) is 58.4 cm³/mol. The summed E-state index contributed by atoms with van der Waals surface area (Å²) in [5, 5.41) is 0. The lowest BCUT2D eigenvalue weighted by molar-refractivity contribution is -0.169. The lowest BCUT2D eigenvalue weighted by atomic mass is 9.90. The molecule has 4 heteroatoms. The number of ether oxygens (including phenoxy) is 3. The Morgan fingerprint density at radius 2 is 2.31 bits per heavy atom. The van der Waals surface area contributed by atoms with Crippen molar-refractivity contribution in [2.75, 3.05) is 19.8 Å². The van der Waals surface area contributed by atoms with Gasteiger partial charge in [0.05, 0.1) is 18.8 Å². The summed E-state index contributed by atoms with van der Waals surface area (Å²) >= 11 is 0. The van der Waals surface area contributed by atoms with E-state index in [0.29, 0.717) is 19.6 Å². The summed E-state index contributed by atoms with van der Waals surface area (Å²) < 4.78 is 16.6. The third-order valence-corrected chi connectivity index (χ3v) is 3.08. The lowest BCUT2D eigenvalue weighted by Crippen LogP contribution is -2.51. The van der Waals surface area contributed by atoms with Crippen LogP contribution in [0.4, 0.5) is 0 Å². The summed E-state index contributed by atoms with van der Waals surface area (Å²) in [6.45, 7) is 4.11. The standard InChI is InChI=1S/C12H20O4/c1-2-5-15-12-10(13)7-11(12)16-8-9-4-3-6-14-9/h9,11-12H,2-8H2,1H3. The molecule has 1 saturated heterocycles. The normalized spacial score (nSPS) is 34.1. The smallest absolute Gasteiger partial charge is 0.166 e. The van der Waals surface area contributed by atoms with Crippen molar-refractivity contribution in [2.45, 2.75) is 50.9 Å². The molecule has 0 aromatic rings. The Bertz CT molecular complexity index is 235. The zero-order valence-electron chi connectivity index (χ0n) is 9.81. The molecule has 0 radical (unpaired) electrons. The van der Waals surface area contributed by atoms with Gasteiger partial charge in [0.25, 0.3) is 0 Å². The summed E-state index contributed by atoms with van der Waals surface area (Å²) in [6.07, 6.45) is 3.49. The van der Waals surface area contributed by atoms with Gasteiger partial charge in [-0.15, -0.1) is 0 Å². The molecule has 16 heavy (non-hydrogen) atoms. The molecule has 0 aromatic carbocycles. The number of hydrogen-bond donors (Lipinski definition) is 0. The summed E-state index contributed by atoms with van der Waals surface area (Å²) in [5.41, 5.74) is 0. The molecule has 0 N–H and O–H groups in total. The van der Waals surface area contributed by atoms with E-state index in [9.17, 15) is 4.79 Å². The molecule has 92 valence electrons. The van der Waals surface area contributed by atoms with Crippen LogP contribution in [0.5, 0.6) is 0 Å². The second-order valence-electron chi connectivity index (χ2n) is 4.47. The first-order chi connectivity index (χ1) is 7.81. The molecular formula is C12H20O4. The van der Waals surface area contributed by atoms with E-state index in [1.54, 1.807) is 0 Å². The van der Waals surface area contributed by atoms with Gasteiger partial charge in [-0.1, -0.05) is 6.92 Å². The molecule has 0 aromatic heterocycles. The van der Waals surface area contributed by atoms with Gasteiger partial charge in [-0.25, -0.2) is 0 Å². The van der Waals surface area contributed by atoms with Crippen LogP contribution in [0.1, 0.15) is 32.6 Å². The number of Topliss-reactive ketones (excluding diaryl/α,β-unsaturated/α-hetero) is 1. The molecule has 0 bridgehead atoms. The highest BCUT2D eigenvalue weighted by atomic mass is 16.6. The maximum atomic E-state index is 11.3. The highest BCUT2D eigenvalue weighted by molar-refractivity contribution is 5.90. The second-order valence-corrected chi connectivity index (χ2v) is 4.47. The third-order valence-electron chi connectivity index (χ3n) is 3.08.